The van der Waals surface area contributed by atoms with Crippen molar-refractivity contribution in [3.63, 3.8) is 0 Å². The Morgan fingerprint density at radius 1 is 1.24 bits per heavy atom. The largest absolute Gasteiger partial charge is 0.380 e. The van der Waals surface area contributed by atoms with Gasteiger partial charge in [-0.15, -0.1) is 0 Å². The molecule has 2 saturated carbocycles. The predicted molar refractivity (Wildman–Crippen MR) is 83.0 cm³/mol. The van der Waals surface area contributed by atoms with Gasteiger partial charge in [-0.25, -0.2) is 0 Å². The molecule has 1 heterocycles. The molecule has 5 heteroatoms. The highest BCUT2D eigenvalue weighted by molar-refractivity contribution is 5.76. The van der Waals surface area contributed by atoms with E-state index in [-0.39, 0.29) is 5.91 Å². The van der Waals surface area contributed by atoms with Crippen molar-refractivity contribution in [1.82, 2.24) is 15.1 Å². The lowest BCUT2D eigenvalue weighted by Crippen LogP contribution is -2.30. The SMILES string of the molecule is CC1CC(C)CC(Nc2cnn(CC(=O)NC3CC3)c2)C1. The third kappa shape index (κ3) is 4.22. The van der Waals surface area contributed by atoms with Gasteiger partial charge in [-0.3, -0.25) is 9.48 Å². The Hall–Kier alpha value is -1.52. The van der Waals surface area contributed by atoms with E-state index >= 15 is 0 Å². The fraction of sp³-hybridized carbons (Fsp3) is 0.750. The van der Waals surface area contributed by atoms with Crippen LogP contribution in [-0.4, -0.2) is 27.8 Å². The number of nitrogens with one attached hydrogen (secondary N) is 2. The molecule has 0 spiro atoms. The monoisotopic (exact) mass is 290 g/mol. The fourth-order valence-electron chi connectivity index (χ4n) is 3.47. The van der Waals surface area contributed by atoms with Crippen LogP contribution in [0.3, 0.4) is 0 Å². The summed E-state index contributed by atoms with van der Waals surface area (Å²) in [7, 11) is 0. The van der Waals surface area contributed by atoms with Crippen LogP contribution in [0.25, 0.3) is 0 Å². The summed E-state index contributed by atoms with van der Waals surface area (Å²) in [6.45, 7) is 4.97. The molecule has 2 N–H and O–H groups in total. The van der Waals surface area contributed by atoms with Crippen molar-refractivity contribution < 1.29 is 4.79 Å². The molecule has 2 fully saturated rings. The Labute approximate surface area is 126 Å². The molecule has 0 aromatic carbocycles. The number of amides is 1. The van der Waals surface area contributed by atoms with Crippen molar-refractivity contribution >= 4 is 11.6 Å². The molecule has 0 radical (unpaired) electrons. The molecule has 2 atom stereocenters. The number of carbonyl (C=O) groups excluding carboxylic acids is 1. The zero-order valence-electron chi connectivity index (χ0n) is 13.0. The van der Waals surface area contributed by atoms with Gasteiger partial charge in [-0.2, -0.15) is 5.10 Å². The van der Waals surface area contributed by atoms with E-state index in [4.69, 9.17) is 0 Å². The Kier molecular flexibility index (Phi) is 4.17. The second-order valence-corrected chi connectivity index (χ2v) is 7.03. The summed E-state index contributed by atoms with van der Waals surface area (Å²) >= 11 is 0. The van der Waals surface area contributed by atoms with Crippen LogP contribution in [0.2, 0.25) is 0 Å². The van der Waals surface area contributed by atoms with Gasteiger partial charge in [0.05, 0.1) is 11.9 Å². The van der Waals surface area contributed by atoms with E-state index in [1.807, 2.05) is 12.4 Å². The molecule has 0 saturated heterocycles. The maximum Gasteiger partial charge on any atom is 0.241 e. The molecule has 2 unspecified atom stereocenters. The van der Waals surface area contributed by atoms with Gasteiger partial charge in [-0.05, 0) is 43.9 Å². The van der Waals surface area contributed by atoms with Gasteiger partial charge in [0.2, 0.25) is 5.91 Å². The lowest BCUT2D eigenvalue weighted by Gasteiger charge is -2.32. The number of anilines is 1. The number of aromatic nitrogens is 2. The van der Waals surface area contributed by atoms with Crippen LogP contribution in [0.4, 0.5) is 5.69 Å². The van der Waals surface area contributed by atoms with Gasteiger partial charge in [0.1, 0.15) is 6.54 Å². The molecule has 1 amide bonds. The lowest BCUT2D eigenvalue weighted by atomic mass is 9.80. The fourth-order valence-corrected chi connectivity index (χ4v) is 3.47. The summed E-state index contributed by atoms with van der Waals surface area (Å²) < 4.78 is 1.72. The quantitative estimate of drug-likeness (QED) is 0.875. The molecule has 116 valence electrons. The van der Waals surface area contributed by atoms with Crippen molar-refractivity contribution in [2.45, 2.75) is 64.6 Å². The van der Waals surface area contributed by atoms with Crippen molar-refractivity contribution in [3.8, 4) is 0 Å². The number of rotatable bonds is 5. The van der Waals surface area contributed by atoms with E-state index in [1.165, 1.54) is 19.3 Å². The van der Waals surface area contributed by atoms with E-state index in [0.717, 1.165) is 30.4 Å². The first kappa shape index (κ1) is 14.4. The van der Waals surface area contributed by atoms with E-state index in [0.29, 0.717) is 18.6 Å². The highest BCUT2D eigenvalue weighted by Gasteiger charge is 2.25. The predicted octanol–water partition coefficient (Wildman–Crippen LogP) is 2.40. The van der Waals surface area contributed by atoms with Crippen LogP contribution in [0.5, 0.6) is 0 Å². The molecule has 1 aromatic rings. The maximum absolute atomic E-state index is 11.8. The lowest BCUT2D eigenvalue weighted by molar-refractivity contribution is -0.122. The first-order chi connectivity index (χ1) is 10.1. The normalized spacial score (nSPS) is 29.1. The van der Waals surface area contributed by atoms with Crippen molar-refractivity contribution in [3.05, 3.63) is 12.4 Å². The van der Waals surface area contributed by atoms with Crippen LogP contribution in [0, 0.1) is 11.8 Å². The van der Waals surface area contributed by atoms with Gasteiger partial charge < -0.3 is 10.6 Å². The first-order valence-electron chi connectivity index (χ1n) is 8.17. The van der Waals surface area contributed by atoms with Crippen LogP contribution < -0.4 is 10.6 Å². The number of nitrogens with zero attached hydrogens (tertiary/aromatic N) is 2. The van der Waals surface area contributed by atoms with Gasteiger partial charge >= 0.3 is 0 Å². The summed E-state index contributed by atoms with van der Waals surface area (Å²) in [6, 6.07) is 0.942. The average molecular weight is 290 g/mol. The van der Waals surface area contributed by atoms with Crippen LogP contribution in [-0.2, 0) is 11.3 Å². The molecule has 0 bridgehead atoms. The first-order valence-corrected chi connectivity index (χ1v) is 8.17. The van der Waals surface area contributed by atoms with E-state index in [1.54, 1.807) is 4.68 Å². The Bertz CT molecular complexity index is 484. The highest BCUT2D eigenvalue weighted by atomic mass is 16.2. The van der Waals surface area contributed by atoms with E-state index < -0.39 is 0 Å². The van der Waals surface area contributed by atoms with Crippen molar-refractivity contribution in [1.29, 1.82) is 0 Å². The Balaban J connectivity index is 1.51. The molecule has 5 nitrogen and oxygen atoms in total. The third-order valence-electron chi connectivity index (χ3n) is 4.43. The summed E-state index contributed by atoms with van der Waals surface area (Å²) in [5, 5.41) is 10.8. The standard InChI is InChI=1S/C16H26N4O/c1-11-5-12(2)7-14(6-11)18-15-8-17-20(9-15)10-16(21)19-13-3-4-13/h8-9,11-14,18H,3-7,10H2,1-2H3,(H,19,21). The van der Waals surface area contributed by atoms with Gasteiger partial charge in [0.15, 0.2) is 0 Å². The van der Waals surface area contributed by atoms with E-state index in [2.05, 4.69) is 29.6 Å². The zero-order valence-corrected chi connectivity index (χ0v) is 13.0. The van der Waals surface area contributed by atoms with Crippen LogP contribution in [0.1, 0.15) is 46.0 Å². The van der Waals surface area contributed by atoms with Gasteiger partial charge in [0, 0.05) is 18.3 Å². The van der Waals surface area contributed by atoms with Crippen LogP contribution >= 0.6 is 0 Å². The Morgan fingerprint density at radius 2 is 1.95 bits per heavy atom. The summed E-state index contributed by atoms with van der Waals surface area (Å²) in [5.41, 5.74) is 1.03. The molecule has 21 heavy (non-hydrogen) atoms. The number of hydrogen-bond donors (Lipinski definition) is 2. The second kappa shape index (κ2) is 6.08. The van der Waals surface area contributed by atoms with Crippen molar-refractivity contribution in [2.75, 3.05) is 5.32 Å². The average Bonchev–Trinajstić information content (AvgIpc) is 3.08. The molecular formula is C16H26N4O. The topological polar surface area (TPSA) is 59.0 Å². The second-order valence-electron chi connectivity index (χ2n) is 7.03. The minimum absolute atomic E-state index is 0.0621. The summed E-state index contributed by atoms with van der Waals surface area (Å²) in [4.78, 5) is 11.8. The minimum atomic E-state index is 0.0621. The number of carbonyl (C=O) groups is 1. The van der Waals surface area contributed by atoms with Gasteiger partial charge in [0.25, 0.3) is 0 Å². The molecule has 2 aliphatic carbocycles. The third-order valence-corrected chi connectivity index (χ3v) is 4.43. The zero-order chi connectivity index (χ0) is 14.8. The Morgan fingerprint density at radius 3 is 2.62 bits per heavy atom. The van der Waals surface area contributed by atoms with Crippen molar-refractivity contribution in [2.24, 2.45) is 11.8 Å². The van der Waals surface area contributed by atoms with Gasteiger partial charge in [-0.1, -0.05) is 13.8 Å². The summed E-state index contributed by atoms with van der Waals surface area (Å²) in [5.74, 6) is 1.63. The molecule has 0 aliphatic heterocycles. The van der Waals surface area contributed by atoms with Crippen LogP contribution in [0.15, 0.2) is 12.4 Å². The van der Waals surface area contributed by atoms with E-state index in [9.17, 15) is 4.79 Å². The molecule has 2 aliphatic rings. The summed E-state index contributed by atoms with van der Waals surface area (Å²) in [6.07, 6.45) is 9.78. The maximum atomic E-state index is 11.8. The number of hydrogen-bond acceptors (Lipinski definition) is 3. The minimum Gasteiger partial charge on any atom is -0.380 e. The molecule has 3 rings (SSSR count). The highest BCUT2D eigenvalue weighted by Crippen LogP contribution is 2.30. The molecule has 1 aromatic heterocycles. The smallest absolute Gasteiger partial charge is 0.241 e. The molecular weight excluding hydrogens is 264 g/mol.